The van der Waals surface area contributed by atoms with Crippen molar-refractivity contribution < 1.29 is 4.42 Å². The smallest absolute Gasteiger partial charge is 0.182 e. The maximum absolute atomic E-state index is 5.71. The van der Waals surface area contributed by atoms with E-state index in [4.69, 9.17) is 4.42 Å². The molecule has 0 fully saturated rings. The SMILES string of the molecule is c1ccc(-c2ncoc2-c2ccc3nnn(-c4ccccc4)c3c2)cc1. The van der Waals surface area contributed by atoms with E-state index in [1.54, 1.807) is 0 Å². The van der Waals surface area contributed by atoms with Gasteiger partial charge >= 0.3 is 0 Å². The van der Waals surface area contributed by atoms with E-state index in [-0.39, 0.29) is 0 Å². The maximum atomic E-state index is 5.71. The molecule has 0 saturated carbocycles. The minimum atomic E-state index is 0.735. The number of fused-ring (bicyclic) bond motifs is 1. The molecule has 0 bridgehead atoms. The van der Waals surface area contributed by atoms with Crippen molar-refractivity contribution in [3.05, 3.63) is 85.3 Å². The number of oxazole rings is 1. The Balaban J connectivity index is 1.67. The van der Waals surface area contributed by atoms with Gasteiger partial charge in [0, 0.05) is 11.1 Å². The number of nitrogens with zero attached hydrogens (tertiary/aromatic N) is 4. The quantitative estimate of drug-likeness (QED) is 0.477. The minimum absolute atomic E-state index is 0.735. The molecule has 5 nitrogen and oxygen atoms in total. The summed E-state index contributed by atoms with van der Waals surface area (Å²) >= 11 is 0. The number of hydrogen-bond donors (Lipinski definition) is 0. The normalized spacial score (nSPS) is 11.1. The highest BCUT2D eigenvalue weighted by Gasteiger charge is 2.15. The Morgan fingerprint density at radius 1 is 0.769 bits per heavy atom. The van der Waals surface area contributed by atoms with Crippen molar-refractivity contribution in [1.82, 2.24) is 20.0 Å². The highest BCUT2D eigenvalue weighted by atomic mass is 16.3. The number of benzene rings is 3. The maximum Gasteiger partial charge on any atom is 0.182 e. The third kappa shape index (κ3) is 2.38. The summed E-state index contributed by atoms with van der Waals surface area (Å²) < 4.78 is 7.55. The van der Waals surface area contributed by atoms with E-state index in [9.17, 15) is 0 Å². The van der Waals surface area contributed by atoms with E-state index >= 15 is 0 Å². The summed E-state index contributed by atoms with van der Waals surface area (Å²) in [7, 11) is 0. The molecule has 0 atom stereocenters. The zero-order valence-corrected chi connectivity index (χ0v) is 13.8. The van der Waals surface area contributed by atoms with E-state index in [2.05, 4.69) is 15.3 Å². The topological polar surface area (TPSA) is 56.7 Å². The number of aromatic nitrogens is 4. The first kappa shape index (κ1) is 14.6. The monoisotopic (exact) mass is 338 g/mol. The molecule has 0 unspecified atom stereocenters. The molecule has 0 aliphatic carbocycles. The van der Waals surface area contributed by atoms with Gasteiger partial charge in [-0.15, -0.1) is 5.10 Å². The molecular weight excluding hydrogens is 324 g/mol. The molecule has 2 heterocycles. The first-order chi connectivity index (χ1) is 12.9. The van der Waals surface area contributed by atoms with E-state index in [1.807, 2.05) is 83.5 Å². The predicted molar refractivity (Wildman–Crippen MR) is 99.8 cm³/mol. The lowest BCUT2D eigenvalue weighted by Crippen LogP contribution is -1.95. The Bertz CT molecular complexity index is 1180. The van der Waals surface area contributed by atoms with E-state index in [0.717, 1.165) is 39.3 Å². The van der Waals surface area contributed by atoms with Crippen molar-refractivity contribution in [1.29, 1.82) is 0 Å². The van der Waals surface area contributed by atoms with Gasteiger partial charge in [-0.25, -0.2) is 9.67 Å². The van der Waals surface area contributed by atoms with Gasteiger partial charge in [0.05, 0.1) is 11.2 Å². The number of rotatable bonds is 3. The van der Waals surface area contributed by atoms with Crippen molar-refractivity contribution in [2.75, 3.05) is 0 Å². The Morgan fingerprint density at radius 2 is 1.54 bits per heavy atom. The van der Waals surface area contributed by atoms with Crippen molar-refractivity contribution in [3.8, 4) is 28.3 Å². The zero-order valence-electron chi connectivity index (χ0n) is 13.8. The second kappa shape index (κ2) is 5.97. The highest BCUT2D eigenvalue weighted by Crippen LogP contribution is 2.32. The summed E-state index contributed by atoms with van der Waals surface area (Å²) in [5.74, 6) is 0.735. The van der Waals surface area contributed by atoms with Crippen LogP contribution in [-0.4, -0.2) is 20.0 Å². The van der Waals surface area contributed by atoms with Gasteiger partial charge in [-0.1, -0.05) is 53.7 Å². The molecular formula is C21H14N4O. The number of hydrogen-bond acceptors (Lipinski definition) is 4. The molecule has 2 aromatic heterocycles. The fourth-order valence-corrected chi connectivity index (χ4v) is 3.07. The van der Waals surface area contributed by atoms with Crippen LogP contribution in [0.1, 0.15) is 0 Å². The van der Waals surface area contributed by atoms with E-state index in [0.29, 0.717) is 0 Å². The van der Waals surface area contributed by atoms with Crippen LogP contribution in [0.25, 0.3) is 39.3 Å². The average Bonchev–Trinajstić information content (AvgIpc) is 3.36. The van der Waals surface area contributed by atoms with Crippen molar-refractivity contribution in [2.24, 2.45) is 0 Å². The van der Waals surface area contributed by atoms with Crippen LogP contribution < -0.4 is 0 Å². The molecule has 0 spiro atoms. The fraction of sp³-hybridized carbons (Fsp3) is 0. The summed E-state index contributed by atoms with van der Waals surface area (Å²) in [6.07, 6.45) is 1.48. The van der Waals surface area contributed by atoms with Crippen LogP contribution in [-0.2, 0) is 0 Å². The van der Waals surface area contributed by atoms with Crippen LogP contribution in [0.15, 0.2) is 89.7 Å². The molecule has 0 radical (unpaired) electrons. The molecule has 0 amide bonds. The van der Waals surface area contributed by atoms with Gasteiger partial charge in [-0.3, -0.25) is 0 Å². The Hall–Kier alpha value is -3.73. The number of para-hydroxylation sites is 1. The van der Waals surface area contributed by atoms with E-state index in [1.165, 1.54) is 6.39 Å². The molecule has 5 heteroatoms. The molecule has 5 rings (SSSR count). The molecule has 3 aromatic carbocycles. The molecule has 124 valence electrons. The first-order valence-corrected chi connectivity index (χ1v) is 8.30. The standard InChI is InChI=1S/C21H14N4O/c1-3-7-15(8-4-1)20-21(26-14-22-20)16-11-12-18-19(13-16)25(24-23-18)17-9-5-2-6-10-17/h1-14H. The third-order valence-corrected chi connectivity index (χ3v) is 4.32. The van der Waals surface area contributed by atoms with Crippen LogP contribution in [0.5, 0.6) is 0 Å². The van der Waals surface area contributed by atoms with Crippen molar-refractivity contribution in [2.45, 2.75) is 0 Å². The van der Waals surface area contributed by atoms with E-state index < -0.39 is 0 Å². The van der Waals surface area contributed by atoms with Crippen LogP contribution in [0.2, 0.25) is 0 Å². The largest absolute Gasteiger partial charge is 0.443 e. The lowest BCUT2D eigenvalue weighted by atomic mass is 10.1. The van der Waals surface area contributed by atoms with Gasteiger partial charge in [0.1, 0.15) is 11.2 Å². The highest BCUT2D eigenvalue weighted by molar-refractivity contribution is 5.85. The van der Waals surface area contributed by atoms with Crippen molar-refractivity contribution >= 4 is 11.0 Å². The minimum Gasteiger partial charge on any atom is -0.443 e. The van der Waals surface area contributed by atoms with Gasteiger partial charge in [0.15, 0.2) is 12.2 Å². The summed E-state index contributed by atoms with van der Waals surface area (Å²) in [6, 6.07) is 25.9. The Labute approximate surface area is 149 Å². The summed E-state index contributed by atoms with van der Waals surface area (Å²) in [5.41, 5.74) is 5.50. The molecule has 0 N–H and O–H groups in total. The van der Waals surface area contributed by atoms with Crippen LogP contribution in [0.3, 0.4) is 0 Å². The molecule has 0 aliphatic rings. The lowest BCUT2D eigenvalue weighted by Gasteiger charge is -2.04. The molecule has 0 saturated heterocycles. The first-order valence-electron chi connectivity index (χ1n) is 8.30. The molecule has 5 aromatic rings. The van der Waals surface area contributed by atoms with Crippen LogP contribution >= 0.6 is 0 Å². The predicted octanol–water partition coefficient (Wildman–Crippen LogP) is 4.74. The summed E-state index contributed by atoms with van der Waals surface area (Å²) in [6.45, 7) is 0. The lowest BCUT2D eigenvalue weighted by molar-refractivity contribution is 0.572. The second-order valence-corrected chi connectivity index (χ2v) is 5.94. The van der Waals surface area contributed by atoms with Crippen LogP contribution in [0, 0.1) is 0 Å². The third-order valence-electron chi connectivity index (χ3n) is 4.32. The van der Waals surface area contributed by atoms with Gasteiger partial charge in [-0.2, -0.15) is 0 Å². The van der Waals surface area contributed by atoms with Gasteiger partial charge in [0.25, 0.3) is 0 Å². The van der Waals surface area contributed by atoms with Gasteiger partial charge in [0.2, 0.25) is 0 Å². The second-order valence-electron chi connectivity index (χ2n) is 5.94. The van der Waals surface area contributed by atoms with Gasteiger partial charge < -0.3 is 4.42 Å². The Kier molecular flexibility index (Phi) is 3.35. The molecule has 26 heavy (non-hydrogen) atoms. The average molecular weight is 338 g/mol. The van der Waals surface area contributed by atoms with Crippen molar-refractivity contribution in [3.63, 3.8) is 0 Å². The van der Waals surface area contributed by atoms with Crippen LogP contribution in [0.4, 0.5) is 0 Å². The Morgan fingerprint density at radius 3 is 2.35 bits per heavy atom. The zero-order chi connectivity index (χ0) is 17.3. The summed E-state index contributed by atoms with van der Waals surface area (Å²) in [5, 5.41) is 8.55. The molecule has 0 aliphatic heterocycles. The van der Waals surface area contributed by atoms with Gasteiger partial charge in [-0.05, 0) is 30.3 Å². The fourth-order valence-electron chi connectivity index (χ4n) is 3.07. The summed E-state index contributed by atoms with van der Waals surface area (Å²) in [4.78, 5) is 4.41.